The Labute approximate surface area is 122 Å². The molecular weight excluding hydrogens is 246 g/mol. The zero-order chi connectivity index (χ0) is 14.2. The van der Waals surface area contributed by atoms with Crippen LogP contribution in [0.2, 0.25) is 0 Å². The van der Waals surface area contributed by atoms with Gasteiger partial charge in [0.15, 0.2) is 0 Å². The first-order valence-corrected chi connectivity index (χ1v) is 7.69. The first kappa shape index (κ1) is 14.8. The molecule has 20 heavy (non-hydrogen) atoms. The van der Waals surface area contributed by atoms with Crippen LogP contribution in [0.3, 0.4) is 0 Å². The predicted molar refractivity (Wildman–Crippen MR) is 84.1 cm³/mol. The van der Waals surface area contributed by atoms with E-state index in [4.69, 9.17) is 0 Å². The van der Waals surface area contributed by atoms with Gasteiger partial charge in [-0.2, -0.15) is 5.10 Å². The minimum Gasteiger partial charge on any atom is -0.309 e. The van der Waals surface area contributed by atoms with Gasteiger partial charge in [0.25, 0.3) is 0 Å². The fraction of sp³-hybridized carbons (Fsp3) is 0.471. The van der Waals surface area contributed by atoms with Crippen molar-refractivity contribution in [3.8, 4) is 5.69 Å². The topological polar surface area (TPSA) is 29.9 Å². The largest absolute Gasteiger partial charge is 0.309 e. The predicted octanol–water partition coefficient (Wildman–Crippen LogP) is 4.10. The van der Waals surface area contributed by atoms with Gasteiger partial charge in [-0.15, -0.1) is 0 Å². The Bertz CT molecular complexity index is 482. The van der Waals surface area contributed by atoms with Crippen LogP contribution in [0.5, 0.6) is 0 Å². The molecule has 3 nitrogen and oxygen atoms in total. The molecule has 0 aliphatic heterocycles. The maximum absolute atomic E-state index is 4.50. The molecule has 1 aromatic carbocycles. The van der Waals surface area contributed by atoms with Crippen LogP contribution in [-0.2, 0) is 0 Å². The first-order valence-electron chi connectivity index (χ1n) is 7.69. The van der Waals surface area contributed by atoms with Crippen LogP contribution in [-0.4, -0.2) is 16.3 Å². The Kier molecular flexibility index (Phi) is 5.81. The van der Waals surface area contributed by atoms with Crippen LogP contribution in [0, 0.1) is 0 Å². The molecule has 0 bridgehead atoms. The van der Waals surface area contributed by atoms with E-state index in [1.54, 1.807) is 0 Å². The highest BCUT2D eigenvalue weighted by atomic mass is 15.3. The quantitative estimate of drug-likeness (QED) is 0.783. The Morgan fingerprint density at radius 3 is 2.60 bits per heavy atom. The van der Waals surface area contributed by atoms with Gasteiger partial charge in [-0.05, 0) is 37.6 Å². The summed E-state index contributed by atoms with van der Waals surface area (Å²) in [5.74, 6) is 0. The highest BCUT2D eigenvalue weighted by molar-refractivity contribution is 5.33. The molecule has 3 heteroatoms. The lowest BCUT2D eigenvalue weighted by molar-refractivity contribution is 0.462. The number of nitrogens with zero attached hydrogens (tertiary/aromatic N) is 2. The van der Waals surface area contributed by atoms with Crippen molar-refractivity contribution in [1.82, 2.24) is 15.1 Å². The molecule has 2 rings (SSSR count). The summed E-state index contributed by atoms with van der Waals surface area (Å²) < 4.78 is 2.06. The second-order valence-electron chi connectivity index (χ2n) is 5.15. The Hall–Kier alpha value is -1.61. The molecule has 0 radical (unpaired) electrons. The summed E-state index contributed by atoms with van der Waals surface area (Å²) in [6.07, 6.45) is 6.68. The lowest BCUT2D eigenvalue weighted by atomic mass is 10.1. The molecular formula is C17H25N3. The van der Waals surface area contributed by atoms with E-state index in [1.807, 2.05) is 12.3 Å². The molecule has 0 amide bonds. The van der Waals surface area contributed by atoms with Gasteiger partial charge in [0.1, 0.15) is 0 Å². The van der Waals surface area contributed by atoms with Crippen molar-refractivity contribution in [2.45, 2.75) is 45.6 Å². The number of nitrogens with one attached hydrogen (secondary N) is 1. The van der Waals surface area contributed by atoms with Crippen LogP contribution >= 0.6 is 0 Å². The number of hydrogen-bond acceptors (Lipinski definition) is 2. The van der Waals surface area contributed by atoms with Gasteiger partial charge in [0.2, 0.25) is 0 Å². The third-order valence-corrected chi connectivity index (χ3v) is 3.52. The third kappa shape index (κ3) is 3.70. The van der Waals surface area contributed by atoms with Crippen LogP contribution in [0.15, 0.2) is 42.6 Å². The van der Waals surface area contributed by atoms with E-state index >= 15 is 0 Å². The van der Waals surface area contributed by atoms with Crippen molar-refractivity contribution in [1.29, 1.82) is 0 Å². The molecule has 0 saturated heterocycles. The van der Waals surface area contributed by atoms with Crippen LogP contribution in [0.4, 0.5) is 0 Å². The van der Waals surface area contributed by atoms with Gasteiger partial charge in [0.05, 0.1) is 11.4 Å². The zero-order valence-electron chi connectivity index (χ0n) is 12.5. The van der Waals surface area contributed by atoms with Crippen molar-refractivity contribution in [2.75, 3.05) is 6.54 Å². The summed E-state index contributed by atoms with van der Waals surface area (Å²) in [4.78, 5) is 0. The van der Waals surface area contributed by atoms with Crippen molar-refractivity contribution in [3.63, 3.8) is 0 Å². The number of hydrogen-bond donors (Lipinski definition) is 1. The molecule has 108 valence electrons. The number of aromatic nitrogens is 2. The summed E-state index contributed by atoms with van der Waals surface area (Å²) in [7, 11) is 0. The van der Waals surface area contributed by atoms with Crippen molar-refractivity contribution in [3.05, 3.63) is 48.3 Å². The molecule has 1 atom stereocenters. The fourth-order valence-corrected chi connectivity index (χ4v) is 2.44. The molecule has 1 unspecified atom stereocenters. The number of benzene rings is 1. The molecule has 1 heterocycles. The van der Waals surface area contributed by atoms with Crippen molar-refractivity contribution >= 4 is 0 Å². The molecule has 1 N–H and O–H groups in total. The SMILES string of the molecule is CCCCC(NCCC)c1ccnn1-c1ccccc1. The maximum atomic E-state index is 4.50. The van der Waals surface area contributed by atoms with E-state index in [2.05, 4.69) is 59.3 Å². The summed E-state index contributed by atoms with van der Waals surface area (Å²) in [5.41, 5.74) is 2.39. The molecule has 1 aromatic heterocycles. The standard InChI is InChI=1S/C17H25N3/c1-3-5-11-16(18-13-4-2)17-12-14-19-20(17)15-9-7-6-8-10-15/h6-10,12,14,16,18H,3-5,11,13H2,1-2H3. The minimum atomic E-state index is 0.387. The van der Waals surface area contributed by atoms with E-state index in [1.165, 1.54) is 18.5 Å². The van der Waals surface area contributed by atoms with E-state index in [0.717, 1.165) is 25.1 Å². The molecule has 0 spiro atoms. The highest BCUT2D eigenvalue weighted by Crippen LogP contribution is 2.22. The van der Waals surface area contributed by atoms with Crippen LogP contribution in [0.25, 0.3) is 5.69 Å². The normalized spacial score (nSPS) is 12.5. The van der Waals surface area contributed by atoms with E-state index in [-0.39, 0.29) is 0 Å². The zero-order valence-corrected chi connectivity index (χ0v) is 12.5. The Morgan fingerprint density at radius 2 is 1.90 bits per heavy atom. The summed E-state index contributed by atoms with van der Waals surface area (Å²) in [5, 5.41) is 8.16. The molecule has 0 saturated carbocycles. The fourth-order valence-electron chi connectivity index (χ4n) is 2.44. The summed E-state index contributed by atoms with van der Waals surface area (Å²) in [6.45, 7) is 5.50. The highest BCUT2D eigenvalue weighted by Gasteiger charge is 2.15. The van der Waals surface area contributed by atoms with Crippen molar-refractivity contribution < 1.29 is 0 Å². The van der Waals surface area contributed by atoms with Gasteiger partial charge in [0, 0.05) is 12.2 Å². The average molecular weight is 271 g/mol. The Morgan fingerprint density at radius 1 is 1.10 bits per heavy atom. The number of unbranched alkanes of at least 4 members (excludes halogenated alkanes) is 1. The Balaban J connectivity index is 2.22. The second kappa shape index (κ2) is 7.85. The summed E-state index contributed by atoms with van der Waals surface area (Å²) >= 11 is 0. The second-order valence-corrected chi connectivity index (χ2v) is 5.15. The van der Waals surface area contributed by atoms with Crippen molar-refractivity contribution in [2.24, 2.45) is 0 Å². The van der Waals surface area contributed by atoms with Gasteiger partial charge in [-0.3, -0.25) is 0 Å². The van der Waals surface area contributed by atoms with Gasteiger partial charge < -0.3 is 5.32 Å². The number of para-hydroxylation sites is 1. The van der Waals surface area contributed by atoms with Crippen LogP contribution in [0.1, 0.15) is 51.3 Å². The average Bonchev–Trinajstić information content (AvgIpc) is 2.98. The monoisotopic (exact) mass is 271 g/mol. The van der Waals surface area contributed by atoms with Crippen LogP contribution < -0.4 is 5.32 Å². The molecule has 0 aliphatic carbocycles. The number of rotatable bonds is 8. The maximum Gasteiger partial charge on any atom is 0.0649 e. The van der Waals surface area contributed by atoms with E-state index in [9.17, 15) is 0 Å². The van der Waals surface area contributed by atoms with Gasteiger partial charge >= 0.3 is 0 Å². The molecule has 0 aliphatic rings. The van der Waals surface area contributed by atoms with Gasteiger partial charge in [-0.25, -0.2) is 4.68 Å². The third-order valence-electron chi connectivity index (χ3n) is 3.52. The van der Waals surface area contributed by atoms with Gasteiger partial charge in [-0.1, -0.05) is 44.9 Å². The van der Waals surface area contributed by atoms with E-state index < -0.39 is 0 Å². The molecule has 0 fully saturated rings. The minimum absolute atomic E-state index is 0.387. The smallest absolute Gasteiger partial charge is 0.0649 e. The lowest BCUT2D eigenvalue weighted by Gasteiger charge is -2.20. The van der Waals surface area contributed by atoms with E-state index in [0.29, 0.717) is 6.04 Å². The molecule has 2 aromatic rings. The summed E-state index contributed by atoms with van der Waals surface area (Å²) in [6, 6.07) is 12.9. The first-order chi connectivity index (χ1) is 9.86. The lowest BCUT2D eigenvalue weighted by Crippen LogP contribution is -2.24.